The molecule has 13 aromatic carbocycles. The summed E-state index contributed by atoms with van der Waals surface area (Å²) in [6.07, 6.45) is 0. The highest BCUT2D eigenvalue weighted by molar-refractivity contribution is 7.00. The quantitative estimate of drug-likeness (QED) is 0.158. The van der Waals surface area contributed by atoms with Crippen LogP contribution in [0.25, 0.3) is 132 Å². The zero-order valence-corrected chi connectivity index (χ0v) is 54.8. The van der Waals surface area contributed by atoms with E-state index in [-0.39, 0.29) is 62.2 Å². The Morgan fingerprint density at radius 2 is 0.874 bits per heavy atom. The van der Waals surface area contributed by atoms with Gasteiger partial charge in [0.1, 0.15) is 0 Å². The summed E-state index contributed by atoms with van der Waals surface area (Å²) in [5.41, 5.74) is 24.8. The van der Waals surface area contributed by atoms with Crippen LogP contribution in [0, 0.1) is 0 Å². The van der Waals surface area contributed by atoms with E-state index in [1.165, 1.54) is 11.1 Å². The Labute approximate surface area is 567 Å². The number of aromatic amines is 1. The predicted molar refractivity (Wildman–Crippen MR) is 407 cm³/mol. The molecule has 0 saturated heterocycles. The third-order valence-electron chi connectivity index (χ3n) is 20.3. The van der Waals surface area contributed by atoms with Crippen LogP contribution >= 0.6 is 0 Å². The average molecular weight is 1230 g/mol. The van der Waals surface area contributed by atoms with E-state index in [0.717, 1.165) is 144 Å². The van der Waals surface area contributed by atoms with Crippen LogP contribution in [-0.4, -0.2) is 20.8 Å². The summed E-state index contributed by atoms with van der Waals surface area (Å²) in [6, 6.07) is 78.1. The first-order valence-corrected chi connectivity index (χ1v) is 33.1. The number of para-hydroxylation sites is 3. The van der Waals surface area contributed by atoms with E-state index in [2.05, 4.69) is 295 Å². The molecule has 5 heteroatoms. The lowest BCUT2D eigenvalue weighted by atomic mass is 9.33. The van der Waals surface area contributed by atoms with Crippen LogP contribution in [0.2, 0.25) is 0 Å². The van der Waals surface area contributed by atoms with Crippen molar-refractivity contribution in [2.45, 2.75) is 78.6 Å². The van der Waals surface area contributed by atoms with Gasteiger partial charge in [-0.05, 0) is 149 Å². The summed E-state index contributed by atoms with van der Waals surface area (Å²) >= 11 is 0. The largest absolute Gasteiger partial charge is 0.354 e. The van der Waals surface area contributed by atoms with E-state index in [1.807, 2.05) is 6.07 Å². The molecule has 95 heavy (non-hydrogen) atoms. The first-order chi connectivity index (χ1) is 49.4. The second kappa shape index (κ2) is 20.8. The number of nitrogens with one attached hydrogen (secondary N) is 1. The van der Waals surface area contributed by atoms with E-state index in [9.17, 15) is 8.22 Å². The van der Waals surface area contributed by atoms with Gasteiger partial charge in [-0.1, -0.05) is 274 Å². The fourth-order valence-electron chi connectivity index (χ4n) is 15.7. The van der Waals surface area contributed by atoms with Crippen LogP contribution in [-0.2, 0) is 16.2 Å². The molecule has 16 aromatic rings. The number of rotatable bonds is 7. The van der Waals surface area contributed by atoms with Gasteiger partial charge in [-0.25, -0.2) is 0 Å². The highest BCUT2D eigenvalue weighted by Gasteiger charge is 2.46. The van der Waals surface area contributed by atoms with Crippen LogP contribution in [0.1, 0.15) is 90.0 Å². The maximum absolute atomic E-state index is 9.86. The Morgan fingerprint density at radius 1 is 0.358 bits per heavy atom. The van der Waals surface area contributed by atoms with Gasteiger partial charge in [0.15, 0.2) is 0 Å². The molecule has 0 atom stereocenters. The number of fused-ring (bicyclic) bond motifs is 14. The highest BCUT2D eigenvalue weighted by atomic mass is 15.2. The van der Waals surface area contributed by atoms with Gasteiger partial charge in [-0.2, -0.15) is 0 Å². The van der Waals surface area contributed by atoms with Crippen molar-refractivity contribution in [2.75, 3.05) is 4.90 Å². The molecular weight excluding hydrogens is 1150 g/mol. The summed E-state index contributed by atoms with van der Waals surface area (Å²) in [6.45, 7) is 20.1. The van der Waals surface area contributed by atoms with Crippen molar-refractivity contribution >= 4 is 106 Å². The fraction of sp³-hybridized carbons (Fsp3) is 0.133. The van der Waals surface area contributed by atoms with Crippen molar-refractivity contribution in [3.63, 3.8) is 0 Å². The minimum atomic E-state index is -0.492. The summed E-state index contributed by atoms with van der Waals surface area (Å²) < 4.78 is 79.8. The maximum Gasteiger partial charge on any atom is 0.252 e. The topological polar surface area (TPSA) is 28.9 Å². The Hall–Kier alpha value is -10.9. The van der Waals surface area contributed by atoms with Gasteiger partial charge >= 0.3 is 0 Å². The van der Waals surface area contributed by atoms with Crippen molar-refractivity contribution in [3.8, 4) is 67.0 Å². The molecule has 0 aliphatic carbocycles. The summed E-state index contributed by atoms with van der Waals surface area (Å²) in [4.78, 5) is 6.74. The minimum Gasteiger partial charge on any atom is -0.354 e. The van der Waals surface area contributed by atoms with E-state index in [0.29, 0.717) is 5.69 Å². The monoisotopic (exact) mass is 1230 g/mol. The third-order valence-corrected chi connectivity index (χ3v) is 20.3. The van der Waals surface area contributed by atoms with Crippen molar-refractivity contribution in [3.05, 3.63) is 289 Å². The van der Waals surface area contributed by atoms with Gasteiger partial charge in [-0.3, -0.25) is 0 Å². The number of H-pyrrole nitrogens is 1. The maximum atomic E-state index is 9.86. The fourth-order valence-corrected chi connectivity index (χ4v) is 15.7. The molecule has 0 bridgehead atoms. The molecule has 5 heterocycles. The Balaban J connectivity index is 1.07. The summed E-state index contributed by atoms with van der Waals surface area (Å²) in [5.74, 6) is 0. The predicted octanol–water partition coefficient (Wildman–Crippen LogP) is 22.4. The van der Waals surface area contributed by atoms with Gasteiger partial charge in [0.25, 0.3) is 6.71 Å². The van der Waals surface area contributed by atoms with Gasteiger partial charge in [0.05, 0.1) is 49.9 Å². The molecule has 1 N–H and O–H groups in total. The zero-order chi connectivity index (χ0) is 71.4. The first-order valence-electron chi connectivity index (χ1n) is 37.1. The SMILES string of the molecule is [2H]c1c([2H])c([2H])c2c(c1[2H])c1c([2H])c([2H])c([2H])c([2H])c1n2-c1ccc2c(c1)N(c1c(-c3ccccc3)cc(C(C)(C)C)cc1-c1ccccc1)c1c3c(cc4[nH]c5c(-c6ccccc6-c6ccccc6-c6ccccc6)cccc5c14)-n1c4ccc(C(C)(C)C)cc4c4cc(C(C)(C)C)cc(c41)B23. The van der Waals surface area contributed by atoms with Crippen molar-refractivity contribution < 1.29 is 11.0 Å². The van der Waals surface area contributed by atoms with Crippen molar-refractivity contribution in [2.24, 2.45) is 0 Å². The van der Waals surface area contributed by atoms with Crippen molar-refractivity contribution in [1.29, 1.82) is 0 Å². The number of anilines is 3. The average Bonchev–Trinajstić information content (AvgIpc) is 1.61. The number of benzene rings is 13. The normalized spacial score (nSPS) is 14.2. The Kier molecular flexibility index (Phi) is 10.7. The van der Waals surface area contributed by atoms with Crippen LogP contribution in [0.15, 0.2) is 273 Å². The standard InChI is InChI=1S/C90H73BN4/c1-88(2,3)58-44-47-79-72(48-58)73-51-60(90(7,8)9)52-75-86(73)94(79)81-54-76-82(69-41-27-40-68(84(69)92-76)65-37-22-21-36-64(65)63-35-20-19-34-62(63)55-28-13-10-14-29-55)87-83(81)91(75)74-46-45-61(93-77-42-25-23-38-66(77)67-39-24-26-43-78(67)93)53-80(74)95(87)85-70(56-30-15-11-16-31-56)49-59(89(4,5)6)50-71(85)57-32-17-12-18-33-57/h10-54,92H,1-9H3/i23D,24D,25D,26D,38D,39D,42D,43D. The van der Waals surface area contributed by atoms with Gasteiger partial charge < -0.3 is 19.0 Å². The zero-order valence-electron chi connectivity index (χ0n) is 62.8. The molecule has 2 aliphatic heterocycles. The minimum absolute atomic E-state index is 0.0191. The number of hydrogen-bond acceptors (Lipinski definition) is 1. The molecule has 0 unspecified atom stereocenters. The van der Waals surface area contributed by atoms with E-state index >= 15 is 0 Å². The second-order valence-corrected chi connectivity index (χ2v) is 29.1. The molecule has 4 nitrogen and oxygen atoms in total. The van der Waals surface area contributed by atoms with E-state index < -0.39 is 30.9 Å². The smallest absolute Gasteiger partial charge is 0.252 e. The van der Waals surface area contributed by atoms with Crippen LogP contribution < -0.4 is 21.3 Å². The molecule has 2 aliphatic rings. The molecule has 0 fully saturated rings. The Bertz CT molecular complexity index is 6210. The molecule has 456 valence electrons. The lowest BCUT2D eigenvalue weighted by Crippen LogP contribution is -2.60. The summed E-state index contributed by atoms with van der Waals surface area (Å²) in [7, 11) is 0. The molecule has 0 amide bonds. The third kappa shape index (κ3) is 8.67. The molecule has 0 radical (unpaired) electrons. The van der Waals surface area contributed by atoms with Gasteiger partial charge in [0, 0.05) is 71.6 Å². The highest BCUT2D eigenvalue weighted by Crippen LogP contribution is 2.55. The van der Waals surface area contributed by atoms with E-state index in [1.54, 1.807) is 4.57 Å². The van der Waals surface area contributed by atoms with Gasteiger partial charge in [-0.15, -0.1) is 0 Å². The summed E-state index contributed by atoms with van der Waals surface area (Å²) in [5, 5.41) is 4.37. The second-order valence-electron chi connectivity index (χ2n) is 29.1. The lowest BCUT2D eigenvalue weighted by Gasteiger charge is -2.43. The molecular formula is C90H73BN4. The lowest BCUT2D eigenvalue weighted by molar-refractivity contribution is 0.590. The van der Waals surface area contributed by atoms with Gasteiger partial charge in [0.2, 0.25) is 0 Å². The van der Waals surface area contributed by atoms with E-state index in [4.69, 9.17) is 2.74 Å². The van der Waals surface area contributed by atoms with Crippen LogP contribution in [0.5, 0.6) is 0 Å². The number of nitrogens with zero attached hydrogens (tertiary/aromatic N) is 3. The van der Waals surface area contributed by atoms with Crippen LogP contribution in [0.4, 0.5) is 17.1 Å². The number of aromatic nitrogens is 3. The Morgan fingerprint density at radius 3 is 1.47 bits per heavy atom. The molecule has 18 rings (SSSR count). The van der Waals surface area contributed by atoms with Crippen molar-refractivity contribution in [1.82, 2.24) is 14.1 Å². The molecule has 0 saturated carbocycles. The van der Waals surface area contributed by atoms with Crippen LogP contribution in [0.3, 0.4) is 0 Å². The molecule has 0 spiro atoms. The molecule has 3 aromatic heterocycles. The number of hydrogen-bond donors (Lipinski definition) is 1. The first kappa shape index (κ1) is 48.8.